The minimum atomic E-state index is 0.277. The van der Waals surface area contributed by atoms with Crippen LogP contribution in [0, 0.1) is 0 Å². The summed E-state index contributed by atoms with van der Waals surface area (Å²) in [4.78, 5) is 4.51. The standard InChI is InChI=1S/C15H31N3O4/c1-3-16-15(18-7-10-20-12-11-19-2)17-6-4-8-22-14-5-9-21-13-14/h14H,3-13H2,1-2H3,(H2,16,17,18). The fourth-order valence-corrected chi connectivity index (χ4v) is 1.98. The number of hydrogen-bond acceptors (Lipinski definition) is 5. The lowest BCUT2D eigenvalue weighted by molar-refractivity contribution is 0.0424. The Bertz CT molecular complexity index is 284. The summed E-state index contributed by atoms with van der Waals surface area (Å²) in [5, 5.41) is 6.46. The predicted molar refractivity (Wildman–Crippen MR) is 86.5 cm³/mol. The highest BCUT2D eigenvalue weighted by Gasteiger charge is 2.15. The Labute approximate surface area is 133 Å². The van der Waals surface area contributed by atoms with Gasteiger partial charge in [0.25, 0.3) is 0 Å². The van der Waals surface area contributed by atoms with Crippen LogP contribution in [0.25, 0.3) is 0 Å². The summed E-state index contributed by atoms with van der Waals surface area (Å²) in [5.74, 6) is 0.821. The van der Waals surface area contributed by atoms with E-state index in [4.69, 9.17) is 18.9 Å². The van der Waals surface area contributed by atoms with Crippen LogP contribution < -0.4 is 10.6 Å². The maximum atomic E-state index is 5.71. The number of guanidine groups is 1. The maximum absolute atomic E-state index is 5.71. The smallest absolute Gasteiger partial charge is 0.191 e. The van der Waals surface area contributed by atoms with Crippen molar-refractivity contribution in [3.05, 3.63) is 0 Å². The van der Waals surface area contributed by atoms with Gasteiger partial charge in [0.1, 0.15) is 0 Å². The van der Waals surface area contributed by atoms with E-state index in [0.29, 0.717) is 19.8 Å². The third kappa shape index (κ3) is 9.94. The molecule has 1 fully saturated rings. The van der Waals surface area contributed by atoms with Crippen LogP contribution in [0.4, 0.5) is 0 Å². The van der Waals surface area contributed by atoms with Crippen LogP contribution in [0.5, 0.6) is 0 Å². The van der Waals surface area contributed by atoms with Gasteiger partial charge < -0.3 is 29.6 Å². The second-order valence-corrected chi connectivity index (χ2v) is 5.00. The van der Waals surface area contributed by atoms with Gasteiger partial charge in [-0.25, -0.2) is 0 Å². The fraction of sp³-hybridized carbons (Fsp3) is 0.933. The SMILES string of the molecule is CCNC(=NCCCOC1CCOC1)NCCOCCOC. The van der Waals surface area contributed by atoms with E-state index in [9.17, 15) is 0 Å². The van der Waals surface area contributed by atoms with Crippen molar-refractivity contribution >= 4 is 5.96 Å². The largest absolute Gasteiger partial charge is 0.382 e. The molecule has 1 unspecified atom stereocenters. The van der Waals surface area contributed by atoms with Crippen molar-refractivity contribution in [2.24, 2.45) is 4.99 Å². The zero-order chi connectivity index (χ0) is 15.9. The first-order valence-corrected chi connectivity index (χ1v) is 8.15. The molecule has 0 saturated carbocycles. The van der Waals surface area contributed by atoms with Crippen LogP contribution in [0.3, 0.4) is 0 Å². The first-order valence-electron chi connectivity index (χ1n) is 8.15. The summed E-state index contributed by atoms with van der Waals surface area (Å²) < 4.78 is 21.3. The molecule has 7 heteroatoms. The molecule has 1 aliphatic heterocycles. The highest BCUT2D eigenvalue weighted by Crippen LogP contribution is 2.07. The number of aliphatic imine (C=N–C) groups is 1. The van der Waals surface area contributed by atoms with Gasteiger partial charge in [0.05, 0.1) is 32.5 Å². The third-order valence-corrected chi connectivity index (χ3v) is 3.13. The molecule has 0 spiro atoms. The lowest BCUT2D eigenvalue weighted by Gasteiger charge is -2.12. The number of nitrogens with zero attached hydrogens (tertiary/aromatic N) is 1. The third-order valence-electron chi connectivity index (χ3n) is 3.13. The molecule has 22 heavy (non-hydrogen) atoms. The number of methoxy groups -OCH3 is 1. The summed E-state index contributed by atoms with van der Waals surface area (Å²) >= 11 is 0. The van der Waals surface area contributed by atoms with Crippen LogP contribution in [0.15, 0.2) is 4.99 Å². The zero-order valence-electron chi connectivity index (χ0n) is 13.9. The van der Waals surface area contributed by atoms with Crippen molar-refractivity contribution < 1.29 is 18.9 Å². The lowest BCUT2D eigenvalue weighted by atomic mass is 10.3. The van der Waals surface area contributed by atoms with Gasteiger partial charge in [0.2, 0.25) is 0 Å². The van der Waals surface area contributed by atoms with E-state index < -0.39 is 0 Å². The van der Waals surface area contributed by atoms with E-state index in [1.54, 1.807) is 7.11 Å². The van der Waals surface area contributed by atoms with Gasteiger partial charge in [0.15, 0.2) is 5.96 Å². The summed E-state index contributed by atoms with van der Waals surface area (Å²) in [7, 11) is 1.67. The van der Waals surface area contributed by atoms with Gasteiger partial charge in [-0.3, -0.25) is 4.99 Å². The van der Waals surface area contributed by atoms with Crippen LogP contribution >= 0.6 is 0 Å². The van der Waals surface area contributed by atoms with E-state index in [-0.39, 0.29) is 6.10 Å². The van der Waals surface area contributed by atoms with Gasteiger partial charge in [-0.1, -0.05) is 0 Å². The molecule has 0 aromatic rings. The monoisotopic (exact) mass is 317 g/mol. The Hall–Kier alpha value is -0.890. The van der Waals surface area contributed by atoms with E-state index >= 15 is 0 Å². The molecule has 130 valence electrons. The second kappa shape index (κ2) is 13.8. The molecule has 0 aromatic heterocycles. The molecule has 1 saturated heterocycles. The molecule has 7 nitrogen and oxygen atoms in total. The van der Waals surface area contributed by atoms with Gasteiger partial charge in [-0.2, -0.15) is 0 Å². The van der Waals surface area contributed by atoms with E-state index in [1.165, 1.54) is 0 Å². The maximum Gasteiger partial charge on any atom is 0.191 e. The van der Waals surface area contributed by atoms with Crippen LogP contribution in [0.2, 0.25) is 0 Å². The first kappa shape index (κ1) is 19.2. The Morgan fingerprint density at radius 3 is 2.86 bits per heavy atom. The summed E-state index contributed by atoms with van der Waals surface area (Å²) in [6.07, 6.45) is 2.20. The molecule has 0 aliphatic carbocycles. The molecule has 0 aromatic carbocycles. The van der Waals surface area contributed by atoms with E-state index in [1.807, 2.05) is 0 Å². The molecule has 0 bridgehead atoms. The normalized spacial score (nSPS) is 18.6. The van der Waals surface area contributed by atoms with Gasteiger partial charge in [0, 0.05) is 40.0 Å². The predicted octanol–water partition coefficient (Wildman–Crippen LogP) is 0.400. The van der Waals surface area contributed by atoms with Crippen LogP contribution in [-0.2, 0) is 18.9 Å². The second-order valence-electron chi connectivity index (χ2n) is 5.00. The van der Waals surface area contributed by atoms with Crippen molar-refractivity contribution in [2.75, 3.05) is 66.4 Å². The molecule has 1 atom stereocenters. The number of ether oxygens (including phenoxy) is 4. The average molecular weight is 317 g/mol. The Balaban J connectivity index is 2.04. The number of hydrogen-bond donors (Lipinski definition) is 2. The summed E-state index contributed by atoms with van der Waals surface area (Å²) in [5.41, 5.74) is 0. The van der Waals surface area contributed by atoms with Crippen molar-refractivity contribution in [1.29, 1.82) is 0 Å². The highest BCUT2D eigenvalue weighted by atomic mass is 16.5. The molecule has 1 heterocycles. The summed E-state index contributed by atoms with van der Waals surface area (Å²) in [6.45, 7) is 8.53. The molecule has 1 aliphatic rings. The van der Waals surface area contributed by atoms with Gasteiger partial charge in [-0.05, 0) is 19.8 Å². The van der Waals surface area contributed by atoms with E-state index in [2.05, 4.69) is 22.5 Å². The molecule has 2 N–H and O–H groups in total. The highest BCUT2D eigenvalue weighted by molar-refractivity contribution is 5.79. The van der Waals surface area contributed by atoms with Crippen molar-refractivity contribution in [2.45, 2.75) is 25.9 Å². The Morgan fingerprint density at radius 2 is 2.14 bits per heavy atom. The molecular weight excluding hydrogens is 286 g/mol. The number of nitrogens with one attached hydrogen (secondary N) is 2. The van der Waals surface area contributed by atoms with Crippen molar-refractivity contribution in [3.63, 3.8) is 0 Å². The summed E-state index contributed by atoms with van der Waals surface area (Å²) in [6, 6.07) is 0. The first-order chi connectivity index (χ1) is 10.9. The van der Waals surface area contributed by atoms with Crippen molar-refractivity contribution in [1.82, 2.24) is 10.6 Å². The zero-order valence-corrected chi connectivity index (χ0v) is 13.9. The van der Waals surface area contributed by atoms with Crippen LogP contribution in [0.1, 0.15) is 19.8 Å². The van der Waals surface area contributed by atoms with Gasteiger partial charge in [-0.15, -0.1) is 0 Å². The minimum absolute atomic E-state index is 0.277. The lowest BCUT2D eigenvalue weighted by Crippen LogP contribution is -2.39. The molecule has 0 amide bonds. The average Bonchev–Trinajstić information content (AvgIpc) is 3.03. The molecular formula is C15H31N3O4. The Morgan fingerprint density at radius 1 is 1.23 bits per heavy atom. The Kier molecular flexibility index (Phi) is 12.0. The molecule has 1 rings (SSSR count). The fourth-order valence-electron chi connectivity index (χ4n) is 1.98. The van der Waals surface area contributed by atoms with Crippen molar-refractivity contribution in [3.8, 4) is 0 Å². The quantitative estimate of drug-likeness (QED) is 0.308. The minimum Gasteiger partial charge on any atom is -0.382 e. The number of rotatable bonds is 12. The topological polar surface area (TPSA) is 73.3 Å². The van der Waals surface area contributed by atoms with Crippen LogP contribution in [-0.4, -0.2) is 78.4 Å². The van der Waals surface area contributed by atoms with E-state index in [0.717, 1.165) is 58.3 Å². The molecule has 0 radical (unpaired) electrons. The van der Waals surface area contributed by atoms with Gasteiger partial charge >= 0.3 is 0 Å².